The minimum Gasteiger partial charge on any atom is -0.376 e. The van der Waals surface area contributed by atoms with Crippen LogP contribution in [0.25, 0.3) is 0 Å². The van der Waals surface area contributed by atoms with Crippen molar-refractivity contribution in [3.05, 3.63) is 107 Å². The largest absolute Gasteiger partial charge is 0.376 e. The minimum atomic E-state index is -1.47. The molecule has 0 fully saturated rings. The third-order valence-corrected chi connectivity index (χ3v) is 3.72. The van der Waals surface area contributed by atoms with Crippen LogP contribution in [0, 0.1) is 11.6 Å². The van der Waals surface area contributed by atoms with E-state index in [-0.39, 0.29) is 64.5 Å². The maximum Gasteiger partial charge on any atom is 0.316 e. The molecular weight excluding hydrogens is 369 g/mol. The first-order valence-corrected chi connectivity index (χ1v) is 6.90. The van der Waals surface area contributed by atoms with Gasteiger partial charge < -0.3 is 5.11 Å². The molecule has 0 unspecified atom stereocenters. The van der Waals surface area contributed by atoms with Crippen LogP contribution in [0.1, 0.15) is 16.7 Å². The minimum absolute atomic E-state index is 0. The molecular formula is C19H20AlClF2MgO. The molecule has 3 aromatic carbocycles. The average Bonchev–Trinajstić information content (AvgIpc) is 2.56. The summed E-state index contributed by atoms with van der Waals surface area (Å²) in [5.74, 6) is -0.753. The standard InChI is InChI=1S/C19H14F2O.Al.ClH.Mg.5H/c20-17-10-6-15(7-11-17)19(22,14-4-2-1-3-5-14)16-8-12-18(21)13-9-16;;;;;;;;/h1-13,22H;;1H;;;;;;. The molecule has 25 heavy (non-hydrogen) atoms. The van der Waals surface area contributed by atoms with Gasteiger partial charge in [-0.15, -0.1) is 12.4 Å². The van der Waals surface area contributed by atoms with Crippen LogP contribution in [-0.4, -0.2) is 45.5 Å². The van der Waals surface area contributed by atoms with Gasteiger partial charge in [-0.25, -0.2) is 8.78 Å². The van der Waals surface area contributed by atoms with E-state index in [2.05, 4.69) is 0 Å². The average molecular weight is 389 g/mol. The molecule has 1 nitrogen and oxygen atoms in total. The summed E-state index contributed by atoms with van der Waals surface area (Å²) in [5.41, 5.74) is 0.203. The highest BCUT2D eigenvalue weighted by Gasteiger charge is 2.33. The molecule has 0 aromatic heterocycles. The van der Waals surface area contributed by atoms with Crippen LogP contribution in [0.15, 0.2) is 78.9 Å². The fourth-order valence-electron chi connectivity index (χ4n) is 2.56. The molecule has 0 heterocycles. The van der Waals surface area contributed by atoms with Crippen LogP contribution in [0.4, 0.5) is 8.78 Å². The van der Waals surface area contributed by atoms with Gasteiger partial charge in [-0.05, 0) is 41.0 Å². The fraction of sp³-hybridized carbons (Fsp3) is 0.0526. The Labute approximate surface area is 178 Å². The van der Waals surface area contributed by atoms with Crippen LogP contribution in [0.5, 0.6) is 0 Å². The van der Waals surface area contributed by atoms with Crippen molar-refractivity contribution < 1.29 is 13.9 Å². The van der Waals surface area contributed by atoms with E-state index in [4.69, 9.17) is 0 Å². The zero-order chi connectivity index (χ0) is 15.6. The number of halogens is 3. The second-order valence-electron chi connectivity index (χ2n) is 5.09. The summed E-state index contributed by atoms with van der Waals surface area (Å²) in [6, 6.07) is 20.4. The van der Waals surface area contributed by atoms with Gasteiger partial charge in [0.2, 0.25) is 0 Å². The summed E-state index contributed by atoms with van der Waals surface area (Å²) in [6.45, 7) is 0. The Bertz CT molecular complexity index is 722. The molecule has 0 aliphatic carbocycles. The number of hydrogen-bond donors (Lipinski definition) is 1. The first-order valence-electron chi connectivity index (χ1n) is 6.90. The van der Waals surface area contributed by atoms with Crippen LogP contribution in [0.3, 0.4) is 0 Å². The van der Waals surface area contributed by atoms with Gasteiger partial charge in [0.1, 0.15) is 17.2 Å². The molecule has 1 N–H and O–H groups in total. The highest BCUT2D eigenvalue weighted by atomic mass is 35.5. The molecule has 0 aliphatic rings. The normalized spacial score (nSPS) is 10.0. The summed E-state index contributed by atoms with van der Waals surface area (Å²) in [7, 11) is 0. The lowest BCUT2D eigenvalue weighted by Crippen LogP contribution is -2.28. The van der Waals surface area contributed by atoms with Gasteiger partial charge in [-0.1, -0.05) is 54.6 Å². The van der Waals surface area contributed by atoms with Gasteiger partial charge in [0, 0.05) is 0 Å². The zero-order valence-electron chi connectivity index (χ0n) is 12.1. The Kier molecular flexibility index (Phi) is 9.89. The highest BCUT2D eigenvalue weighted by molar-refractivity contribution is 5.85. The lowest BCUT2D eigenvalue weighted by atomic mass is 9.80. The lowest BCUT2D eigenvalue weighted by molar-refractivity contribution is 0.125. The Morgan fingerprint density at radius 1 is 0.600 bits per heavy atom. The molecule has 0 amide bonds. The molecule has 0 atom stereocenters. The third-order valence-electron chi connectivity index (χ3n) is 3.72. The van der Waals surface area contributed by atoms with Crippen molar-refractivity contribution in [1.29, 1.82) is 0 Å². The van der Waals surface area contributed by atoms with Gasteiger partial charge in [0.15, 0.2) is 17.4 Å². The summed E-state index contributed by atoms with van der Waals surface area (Å²) >= 11 is 0. The Morgan fingerprint density at radius 2 is 0.920 bits per heavy atom. The summed E-state index contributed by atoms with van der Waals surface area (Å²) in [5, 5.41) is 11.4. The van der Waals surface area contributed by atoms with Crippen LogP contribution in [0.2, 0.25) is 0 Å². The van der Waals surface area contributed by atoms with Gasteiger partial charge in [0.25, 0.3) is 0 Å². The van der Waals surface area contributed by atoms with Crippen molar-refractivity contribution in [1.82, 2.24) is 0 Å². The van der Waals surface area contributed by atoms with E-state index in [1.807, 2.05) is 18.2 Å². The molecule has 0 saturated heterocycles. The molecule has 128 valence electrons. The molecule has 0 aliphatic heterocycles. The Hall–Kier alpha value is -0.931. The van der Waals surface area contributed by atoms with E-state index in [0.29, 0.717) is 16.7 Å². The highest BCUT2D eigenvalue weighted by Crippen LogP contribution is 2.36. The van der Waals surface area contributed by atoms with Crippen molar-refractivity contribution in [2.24, 2.45) is 0 Å². The van der Waals surface area contributed by atoms with E-state index < -0.39 is 5.60 Å². The first-order chi connectivity index (χ1) is 10.6. The van der Waals surface area contributed by atoms with Crippen LogP contribution in [-0.2, 0) is 5.60 Å². The molecule has 0 spiro atoms. The number of aliphatic hydroxyl groups is 1. The molecule has 0 radical (unpaired) electrons. The quantitative estimate of drug-likeness (QED) is 0.540. The maximum atomic E-state index is 13.2. The van der Waals surface area contributed by atoms with Crippen molar-refractivity contribution in [3.8, 4) is 0 Å². The van der Waals surface area contributed by atoms with E-state index in [1.54, 1.807) is 12.1 Å². The Morgan fingerprint density at radius 3 is 1.28 bits per heavy atom. The second-order valence-corrected chi connectivity index (χ2v) is 5.09. The molecule has 6 heteroatoms. The summed E-state index contributed by atoms with van der Waals surface area (Å²) in [4.78, 5) is 0. The number of rotatable bonds is 3. The van der Waals surface area contributed by atoms with Crippen molar-refractivity contribution >= 4 is 52.8 Å². The van der Waals surface area contributed by atoms with Gasteiger partial charge >= 0.3 is 23.1 Å². The van der Waals surface area contributed by atoms with Crippen molar-refractivity contribution in [2.45, 2.75) is 5.60 Å². The van der Waals surface area contributed by atoms with E-state index >= 15 is 0 Å². The maximum absolute atomic E-state index is 13.2. The predicted octanol–water partition coefficient (Wildman–Crippen LogP) is 2.57. The van der Waals surface area contributed by atoms with E-state index in [0.717, 1.165) is 0 Å². The third kappa shape index (κ3) is 5.04. The SMILES string of the molecule is Cl.OC(c1ccccc1)(c1ccc(F)cc1)c1ccc(F)cc1.[AlH3].[MgH2]. The second kappa shape index (κ2) is 10.3. The number of benzene rings is 3. The monoisotopic (exact) mass is 388 g/mol. The smallest absolute Gasteiger partial charge is 0.316 e. The first kappa shape index (κ1) is 24.1. The van der Waals surface area contributed by atoms with Crippen LogP contribution < -0.4 is 0 Å². The summed E-state index contributed by atoms with van der Waals surface area (Å²) < 4.78 is 26.4. The molecule has 3 rings (SSSR count). The van der Waals surface area contributed by atoms with Crippen LogP contribution >= 0.6 is 12.4 Å². The van der Waals surface area contributed by atoms with Gasteiger partial charge in [-0.3, -0.25) is 0 Å². The topological polar surface area (TPSA) is 20.2 Å². The molecule has 3 aromatic rings. The predicted molar refractivity (Wildman–Crippen MR) is 107 cm³/mol. The van der Waals surface area contributed by atoms with Crippen molar-refractivity contribution in [3.63, 3.8) is 0 Å². The zero-order valence-corrected chi connectivity index (χ0v) is 12.9. The van der Waals surface area contributed by atoms with Crippen molar-refractivity contribution in [2.75, 3.05) is 0 Å². The summed E-state index contributed by atoms with van der Waals surface area (Å²) in [6.07, 6.45) is 0. The van der Waals surface area contributed by atoms with E-state index in [9.17, 15) is 13.9 Å². The molecule has 0 saturated carbocycles. The lowest BCUT2D eigenvalue weighted by Gasteiger charge is -2.30. The molecule has 0 bridgehead atoms. The van der Waals surface area contributed by atoms with Gasteiger partial charge in [0.05, 0.1) is 0 Å². The van der Waals surface area contributed by atoms with Gasteiger partial charge in [-0.2, -0.15) is 0 Å². The Balaban J connectivity index is 0.00000192. The number of hydrogen-bond acceptors (Lipinski definition) is 1. The fourth-order valence-corrected chi connectivity index (χ4v) is 2.56. The van der Waals surface area contributed by atoms with E-state index in [1.165, 1.54) is 48.5 Å².